The van der Waals surface area contributed by atoms with E-state index in [9.17, 15) is 4.79 Å². The lowest BCUT2D eigenvalue weighted by Crippen LogP contribution is -2.43. The van der Waals surface area contributed by atoms with E-state index in [2.05, 4.69) is 21.5 Å². The highest BCUT2D eigenvalue weighted by molar-refractivity contribution is 6.25. The molecule has 0 aliphatic carbocycles. The van der Waals surface area contributed by atoms with E-state index in [-0.39, 0.29) is 17.6 Å². The highest BCUT2D eigenvalue weighted by Crippen LogP contribution is 2.24. The lowest BCUT2D eigenvalue weighted by atomic mass is 10.0. The number of carbonyl (C=O) groups is 1. The van der Waals surface area contributed by atoms with Gasteiger partial charge in [0.2, 0.25) is 5.90 Å². The quantitative estimate of drug-likeness (QED) is 0.379. The summed E-state index contributed by atoms with van der Waals surface area (Å²) < 4.78 is 11.0. The van der Waals surface area contributed by atoms with Gasteiger partial charge in [0.15, 0.2) is 0 Å². The third kappa shape index (κ3) is 6.07. The molecule has 1 fully saturated rings. The molecule has 0 bridgehead atoms. The van der Waals surface area contributed by atoms with Gasteiger partial charge in [-0.25, -0.2) is 4.99 Å². The molecule has 0 radical (unpaired) electrons. The number of hydrogen-bond donors (Lipinski definition) is 1. The van der Waals surface area contributed by atoms with Gasteiger partial charge >= 0.3 is 0 Å². The van der Waals surface area contributed by atoms with Gasteiger partial charge in [-0.15, -0.1) is 0 Å². The fourth-order valence-corrected chi connectivity index (χ4v) is 3.96. The molecular formula is C26H35N5O3. The predicted octanol–water partition coefficient (Wildman–Crippen LogP) is 3.19. The van der Waals surface area contributed by atoms with Gasteiger partial charge in [-0.05, 0) is 31.9 Å². The summed E-state index contributed by atoms with van der Waals surface area (Å²) in [4.78, 5) is 26.5. The second-order valence-corrected chi connectivity index (χ2v) is 8.24. The Labute approximate surface area is 202 Å². The summed E-state index contributed by atoms with van der Waals surface area (Å²) in [5, 5.41) is 0. The Bertz CT molecular complexity index is 997. The number of aliphatic imine (C=N–C) groups is 2. The van der Waals surface area contributed by atoms with Gasteiger partial charge in [-0.3, -0.25) is 9.79 Å². The van der Waals surface area contributed by atoms with Crippen LogP contribution in [-0.4, -0.2) is 73.8 Å². The molecule has 0 aromatic heterocycles. The van der Waals surface area contributed by atoms with Crippen LogP contribution in [0.4, 0.5) is 0 Å². The van der Waals surface area contributed by atoms with Crippen molar-refractivity contribution < 1.29 is 14.3 Å². The number of amides is 1. The van der Waals surface area contributed by atoms with Crippen LogP contribution in [0.15, 0.2) is 70.2 Å². The molecule has 8 heteroatoms. The van der Waals surface area contributed by atoms with E-state index in [1.54, 1.807) is 13.3 Å². The van der Waals surface area contributed by atoms with Crippen LogP contribution in [0.3, 0.4) is 0 Å². The molecule has 1 aromatic rings. The van der Waals surface area contributed by atoms with E-state index < -0.39 is 0 Å². The van der Waals surface area contributed by atoms with E-state index >= 15 is 0 Å². The highest BCUT2D eigenvalue weighted by Gasteiger charge is 2.30. The molecule has 0 spiro atoms. The van der Waals surface area contributed by atoms with Crippen LogP contribution in [0.5, 0.6) is 0 Å². The number of benzene rings is 1. The number of nitrogens with two attached hydrogens (primary N) is 1. The maximum Gasteiger partial charge on any atom is 0.270 e. The van der Waals surface area contributed by atoms with Gasteiger partial charge in [0, 0.05) is 38.6 Å². The Kier molecular flexibility index (Phi) is 8.90. The summed E-state index contributed by atoms with van der Waals surface area (Å²) in [6.07, 6.45) is 5.11. The van der Waals surface area contributed by atoms with Crippen molar-refractivity contribution in [2.75, 3.05) is 39.9 Å². The first-order valence-corrected chi connectivity index (χ1v) is 11.7. The van der Waals surface area contributed by atoms with Gasteiger partial charge in [0.05, 0.1) is 25.5 Å². The van der Waals surface area contributed by atoms with Crippen molar-refractivity contribution >= 4 is 23.6 Å². The molecule has 1 amide bonds. The molecule has 2 aliphatic rings. The van der Waals surface area contributed by atoms with Crippen LogP contribution in [0, 0.1) is 0 Å². The molecular weight excluding hydrogens is 430 g/mol. The molecule has 1 unspecified atom stereocenters. The molecule has 182 valence electrons. The van der Waals surface area contributed by atoms with E-state index in [1.807, 2.05) is 55.2 Å². The van der Waals surface area contributed by atoms with E-state index in [0.29, 0.717) is 49.3 Å². The van der Waals surface area contributed by atoms with Crippen LogP contribution in [-0.2, 0) is 14.3 Å². The van der Waals surface area contributed by atoms with Gasteiger partial charge in [-0.1, -0.05) is 36.9 Å². The van der Waals surface area contributed by atoms with Gasteiger partial charge in [0.1, 0.15) is 17.3 Å². The van der Waals surface area contributed by atoms with E-state index in [1.165, 1.54) is 0 Å². The fraction of sp³-hybridized carbons (Fsp3) is 0.423. The predicted molar refractivity (Wildman–Crippen MR) is 136 cm³/mol. The summed E-state index contributed by atoms with van der Waals surface area (Å²) in [6, 6.07) is 9.60. The number of carbonyl (C=O) groups excluding carboxylic acids is 1. The maximum absolute atomic E-state index is 13.6. The minimum Gasteiger partial charge on any atom is -0.495 e. The molecule has 1 saturated heterocycles. The molecule has 2 heterocycles. The van der Waals surface area contributed by atoms with Crippen LogP contribution in [0.1, 0.15) is 32.3 Å². The van der Waals surface area contributed by atoms with Gasteiger partial charge in [0.25, 0.3) is 5.91 Å². The van der Waals surface area contributed by atoms with Crippen LogP contribution in [0.2, 0.25) is 0 Å². The summed E-state index contributed by atoms with van der Waals surface area (Å²) in [7, 11) is 1.60. The first-order chi connectivity index (χ1) is 16.5. The monoisotopic (exact) mass is 465 g/mol. The summed E-state index contributed by atoms with van der Waals surface area (Å²) in [6.45, 7) is 11.1. The van der Waals surface area contributed by atoms with Crippen molar-refractivity contribution in [3.8, 4) is 0 Å². The minimum absolute atomic E-state index is 0.00383. The van der Waals surface area contributed by atoms with Crippen molar-refractivity contribution in [1.82, 2.24) is 9.80 Å². The number of nitrogens with zero attached hydrogens (tertiary/aromatic N) is 4. The van der Waals surface area contributed by atoms with Crippen molar-refractivity contribution in [3.63, 3.8) is 0 Å². The van der Waals surface area contributed by atoms with Crippen LogP contribution >= 0.6 is 0 Å². The lowest BCUT2D eigenvalue weighted by Gasteiger charge is -2.28. The number of rotatable bonds is 7. The second kappa shape index (κ2) is 12.1. The zero-order valence-corrected chi connectivity index (χ0v) is 20.4. The summed E-state index contributed by atoms with van der Waals surface area (Å²) >= 11 is 0. The fourth-order valence-electron chi connectivity index (χ4n) is 3.96. The lowest BCUT2D eigenvalue weighted by molar-refractivity contribution is -0.128. The Morgan fingerprint density at radius 1 is 1.29 bits per heavy atom. The third-order valence-corrected chi connectivity index (χ3v) is 6.02. The van der Waals surface area contributed by atoms with Crippen molar-refractivity contribution in [2.24, 2.45) is 15.7 Å². The molecule has 1 aromatic carbocycles. The van der Waals surface area contributed by atoms with Crippen LogP contribution < -0.4 is 5.73 Å². The minimum atomic E-state index is -0.213. The first kappa shape index (κ1) is 25.1. The standard InChI is InChI=1S/C26H35N5O3/c1-5-22(33-4)18-29-20(3)30-14-12-19(2)31(16-15-30)26(32)24(27)23(21-10-7-6-8-11-21)25-28-13-9-17-34-25/h5-8,10-11,18-19H,3,9,12-17,27H2,1-2,4H3/b22-5+,24-23-,29-18-. The van der Waals surface area contributed by atoms with E-state index in [4.69, 9.17) is 15.2 Å². The van der Waals surface area contributed by atoms with Crippen molar-refractivity contribution in [3.05, 3.63) is 65.8 Å². The molecule has 1 atom stereocenters. The molecule has 8 nitrogen and oxygen atoms in total. The Balaban J connectivity index is 1.82. The Morgan fingerprint density at radius 3 is 2.71 bits per heavy atom. The number of hydrogen-bond acceptors (Lipinski definition) is 7. The average molecular weight is 466 g/mol. The molecule has 0 saturated carbocycles. The summed E-state index contributed by atoms with van der Waals surface area (Å²) in [5.41, 5.74) is 8.06. The van der Waals surface area contributed by atoms with E-state index in [0.717, 1.165) is 24.9 Å². The SMILES string of the molecule is C=C(/N=C\C(=C/C)OC)N1CCC(C)N(C(=O)/C(N)=C(/C2=NCCCO2)c2ccccc2)CC1. The van der Waals surface area contributed by atoms with Gasteiger partial charge in [-0.2, -0.15) is 0 Å². The molecule has 34 heavy (non-hydrogen) atoms. The average Bonchev–Trinajstić information content (AvgIpc) is 3.07. The molecule has 2 aliphatic heterocycles. The Hall–Kier alpha value is -3.55. The largest absolute Gasteiger partial charge is 0.495 e. The first-order valence-electron chi connectivity index (χ1n) is 11.7. The van der Waals surface area contributed by atoms with Crippen molar-refractivity contribution in [2.45, 2.75) is 32.7 Å². The molecule has 3 rings (SSSR count). The summed E-state index contributed by atoms with van der Waals surface area (Å²) in [5.74, 6) is 1.53. The zero-order valence-electron chi connectivity index (χ0n) is 20.4. The number of allylic oxidation sites excluding steroid dienone is 2. The second-order valence-electron chi connectivity index (χ2n) is 8.24. The smallest absolute Gasteiger partial charge is 0.270 e. The third-order valence-electron chi connectivity index (χ3n) is 6.02. The highest BCUT2D eigenvalue weighted by atomic mass is 16.5. The number of methoxy groups -OCH3 is 1. The van der Waals surface area contributed by atoms with Gasteiger partial charge < -0.3 is 25.0 Å². The maximum atomic E-state index is 13.6. The Morgan fingerprint density at radius 2 is 2.06 bits per heavy atom. The topological polar surface area (TPSA) is 92.8 Å². The molecule has 2 N–H and O–H groups in total. The van der Waals surface area contributed by atoms with Crippen LogP contribution in [0.25, 0.3) is 5.57 Å². The zero-order chi connectivity index (χ0) is 24.5. The van der Waals surface area contributed by atoms with Crippen molar-refractivity contribution in [1.29, 1.82) is 0 Å². The normalized spacial score (nSPS) is 20.3. The number of ether oxygens (including phenoxy) is 2.